The van der Waals surface area contributed by atoms with Gasteiger partial charge in [0.25, 0.3) is 0 Å². The first-order chi connectivity index (χ1) is 13.2. The molecule has 3 aromatic rings. The van der Waals surface area contributed by atoms with Crippen molar-refractivity contribution in [1.29, 1.82) is 0 Å². The van der Waals surface area contributed by atoms with Crippen molar-refractivity contribution in [2.24, 2.45) is 15.9 Å². The maximum absolute atomic E-state index is 5.98. The zero-order valence-corrected chi connectivity index (χ0v) is 15.0. The second kappa shape index (κ2) is 7.06. The predicted molar refractivity (Wildman–Crippen MR) is 106 cm³/mol. The van der Waals surface area contributed by atoms with E-state index in [9.17, 15) is 0 Å². The van der Waals surface area contributed by atoms with Gasteiger partial charge >= 0.3 is 0 Å². The first-order valence-corrected chi connectivity index (χ1v) is 8.75. The van der Waals surface area contributed by atoms with Gasteiger partial charge in [0.2, 0.25) is 0 Å². The van der Waals surface area contributed by atoms with Gasteiger partial charge in [0.15, 0.2) is 0 Å². The largest absolute Gasteiger partial charge is 0.494 e. The minimum atomic E-state index is 0.361. The minimum Gasteiger partial charge on any atom is -0.494 e. The molecule has 0 aliphatic heterocycles. The van der Waals surface area contributed by atoms with Gasteiger partial charge in [-0.3, -0.25) is 9.67 Å². The molecule has 2 heterocycles. The molecule has 1 saturated carbocycles. The number of rotatable bonds is 6. The van der Waals surface area contributed by atoms with Crippen LogP contribution >= 0.6 is 0 Å². The molecule has 1 aromatic carbocycles. The quantitative estimate of drug-likeness (QED) is 0.396. The Morgan fingerprint density at radius 1 is 1.37 bits per heavy atom. The van der Waals surface area contributed by atoms with Gasteiger partial charge in [0.05, 0.1) is 25.4 Å². The lowest BCUT2D eigenvalue weighted by Crippen LogP contribution is -2.09. The van der Waals surface area contributed by atoms with Crippen molar-refractivity contribution < 1.29 is 4.74 Å². The van der Waals surface area contributed by atoms with Crippen LogP contribution in [0.1, 0.15) is 30.1 Å². The molecule has 8 nitrogen and oxygen atoms in total. The van der Waals surface area contributed by atoms with Crippen LogP contribution in [0.25, 0.3) is 10.9 Å². The normalized spacial score (nSPS) is 14.9. The summed E-state index contributed by atoms with van der Waals surface area (Å²) in [6, 6.07) is 9.93. The molecule has 0 radical (unpaired) electrons. The number of pyridine rings is 1. The number of para-hydroxylation sites is 1. The Balaban J connectivity index is 1.62. The lowest BCUT2D eigenvalue weighted by molar-refractivity contribution is 0.419. The Hall–Kier alpha value is -3.42. The summed E-state index contributed by atoms with van der Waals surface area (Å²) >= 11 is 0. The third-order valence-corrected chi connectivity index (χ3v) is 4.51. The first kappa shape index (κ1) is 17.0. The Kier molecular flexibility index (Phi) is 4.45. The van der Waals surface area contributed by atoms with Gasteiger partial charge < -0.3 is 16.3 Å². The van der Waals surface area contributed by atoms with E-state index in [4.69, 9.17) is 16.3 Å². The summed E-state index contributed by atoms with van der Waals surface area (Å²) in [5.74, 6) is 6.63. The monoisotopic (exact) mass is 363 g/mol. The highest BCUT2D eigenvalue weighted by molar-refractivity contribution is 6.40. The number of nitrogens with zero attached hydrogens (tertiary/aromatic N) is 5. The number of nitrogens with two attached hydrogens (primary N) is 2. The van der Waals surface area contributed by atoms with E-state index in [2.05, 4.69) is 20.2 Å². The summed E-state index contributed by atoms with van der Waals surface area (Å²) in [5, 5.41) is 9.28. The molecule has 4 N–H and O–H groups in total. The van der Waals surface area contributed by atoms with Crippen LogP contribution in [0.15, 0.2) is 46.6 Å². The van der Waals surface area contributed by atoms with Crippen LogP contribution < -0.4 is 16.3 Å². The zero-order chi connectivity index (χ0) is 18.8. The van der Waals surface area contributed by atoms with Crippen molar-refractivity contribution >= 4 is 28.6 Å². The number of benzene rings is 1. The van der Waals surface area contributed by atoms with Crippen LogP contribution in [0.5, 0.6) is 5.75 Å². The second-order valence-electron chi connectivity index (χ2n) is 6.45. The van der Waals surface area contributed by atoms with E-state index in [1.807, 2.05) is 35.1 Å². The van der Waals surface area contributed by atoms with Crippen LogP contribution in [0.4, 0.5) is 5.82 Å². The van der Waals surface area contributed by atoms with E-state index in [1.165, 1.54) is 12.8 Å². The average Bonchev–Trinajstić information content (AvgIpc) is 3.43. The van der Waals surface area contributed by atoms with Gasteiger partial charge in [-0.05, 0) is 31.0 Å². The number of anilines is 1. The number of aliphatic imine (C=N–C) groups is 1. The predicted octanol–water partition coefficient (Wildman–Crippen LogP) is 2.29. The summed E-state index contributed by atoms with van der Waals surface area (Å²) in [5.41, 5.74) is 8.82. The molecule has 1 aliphatic carbocycles. The molecular weight excluding hydrogens is 342 g/mol. The molecule has 0 amide bonds. The molecule has 138 valence electrons. The lowest BCUT2D eigenvalue weighted by atomic mass is 10.0. The van der Waals surface area contributed by atoms with E-state index < -0.39 is 0 Å². The van der Waals surface area contributed by atoms with Crippen molar-refractivity contribution in [2.75, 3.05) is 12.8 Å². The number of fused-ring (bicyclic) bond motifs is 1. The van der Waals surface area contributed by atoms with E-state index in [-0.39, 0.29) is 0 Å². The molecule has 4 rings (SSSR count). The fourth-order valence-corrected chi connectivity index (χ4v) is 3.02. The Labute approximate surface area is 156 Å². The van der Waals surface area contributed by atoms with Gasteiger partial charge in [-0.1, -0.05) is 12.1 Å². The standard InChI is InChI=1S/C19H21N7O/c1-27-17-4-2-3-14-15(9-18(20)23-19(14)17)16(24-21)11-22-10-12-7-8-26(25-12)13-5-6-13/h2-4,7-9,11,13H,5-6,10,21H2,1H3,(H2,20,23). The van der Waals surface area contributed by atoms with Gasteiger partial charge in [0.1, 0.15) is 22.8 Å². The van der Waals surface area contributed by atoms with E-state index in [0.29, 0.717) is 35.4 Å². The van der Waals surface area contributed by atoms with Crippen molar-refractivity contribution in [2.45, 2.75) is 25.4 Å². The molecule has 0 unspecified atom stereocenters. The summed E-state index contributed by atoms with van der Waals surface area (Å²) in [4.78, 5) is 8.83. The third-order valence-electron chi connectivity index (χ3n) is 4.51. The van der Waals surface area contributed by atoms with Gasteiger partial charge in [-0.15, -0.1) is 0 Å². The number of aromatic nitrogens is 3. The van der Waals surface area contributed by atoms with E-state index >= 15 is 0 Å². The molecule has 2 aromatic heterocycles. The minimum absolute atomic E-state index is 0.361. The van der Waals surface area contributed by atoms with Crippen LogP contribution in [-0.4, -0.2) is 33.8 Å². The van der Waals surface area contributed by atoms with Gasteiger partial charge in [-0.25, -0.2) is 4.98 Å². The second-order valence-corrected chi connectivity index (χ2v) is 6.45. The molecule has 27 heavy (non-hydrogen) atoms. The highest BCUT2D eigenvalue weighted by atomic mass is 16.5. The summed E-state index contributed by atoms with van der Waals surface area (Å²) in [6.45, 7) is 0.459. The number of ether oxygens (including phenoxy) is 1. The Morgan fingerprint density at radius 3 is 2.96 bits per heavy atom. The summed E-state index contributed by atoms with van der Waals surface area (Å²) in [7, 11) is 1.60. The number of hydrogen-bond acceptors (Lipinski definition) is 7. The fourth-order valence-electron chi connectivity index (χ4n) is 3.02. The van der Waals surface area contributed by atoms with Crippen molar-refractivity contribution in [1.82, 2.24) is 14.8 Å². The Morgan fingerprint density at radius 2 is 2.22 bits per heavy atom. The lowest BCUT2D eigenvalue weighted by Gasteiger charge is -2.10. The molecule has 0 atom stereocenters. The smallest absolute Gasteiger partial charge is 0.145 e. The molecule has 0 spiro atoms. The molecule has 0 saturated heterocycles. The first-order valence-electron chi connectivity index (χ1n) is 8.75. The SMILES string of the molecule is COc1cccc2c(C(C=NCc3ccn(C4CC4)n3)=NN)cc(N)nc12. The molecule has 0 bridgehead atoms. The number of nitrogen functional groups attached to an aromatic ring is 1. The molecule has 8 heteroatoms. The highest BCUT2D eigenvalue weighted by Crippen LogP contribution is 2.34. The van der Waals surface area contributed by atoms with Crippen molar-refractivity contribution in [3.63, 3.8) is 0 Å². The van der Waals surface area contributed by atoms with E-state index in [0.717, 1.165) is 16.6 Å². The Bertz CT molecular complexity index is 1030. The van der Waals surface area contributed by atoms with Crippen LogP contribution in [-0.2, 0) is 6.54 Å². The maximum Gasteiger partial charge on any atom is 0.145 e. The van der Waals surface area contributed by atoms with Crippen LogP contribution in [0.2, 0.25) is 0 Å². The van der Waals surface area contributed by atoms with Crippen LogP contribution in [0, 0.1) is 0 Å². The fraction of sp³-hybridized carbons (Fsp3) is 0.263. The summed E-state index contributed by atoms with van der Waals surface area (Å²) in [6.07, 6.45) is 6.05. The number of hydrogen-bond donors (Lipinski definition) is 2. The van der Waals surface area contributed by atoms with E-state index in [1.54, 1.807) is 19.4 Å². The van der Waals surface area contributed by atoms with Crippen molar-refractivity contribution in [3.05, 3.63) is 47.8 Å². The van der Waals surface area contributed by atoms with Crippen LogP contribution in [0.3, 0.4) is 0 Å². The summed E-state index contributed by atoms with van der Waals surface area (Å²) < 4.78 is 7.39. The number of hydrazone groups is 1. The van der Waals surface area contributed by atoms with Gasteiger partial charge in [-0.2, -0.15) is 10.2 Å². The molecule has 1 aliphatic rings. The van der Waals surface area contributed by atoms with Crippen molar-refractivity contribution in [3.8, 4) is 5.75 Å². The average molecular weight is 363 g/mol. The highest BCUT2D eigenvalue weighted by Gasteiger charge is 2.24. The topological polar surface area (TPSA) is 117 Å². The number of methoxy groups -OCH3 is 1. The third kappa shape index (κ3) is 3.46. The molecule has 1 fully saturated rings. The van der Waals surface area contributed by atoms with Gasteiger partial charge in [0, 0.05) is 23.4 Å². The molecular formula is C19H21N7O. The zero-order valence-electron chi connectivity index (χ0n) is 15.0. The maximum atomic E-state index is 5.98.